The fourth-order valence-corrected chi connectivity index (χ4v) is 5.28. The van der Waals surface area contributed by atoms with Gasteiger partial charge in [0.1, 0.15) is 17.4 Å². The number of aliphatic hydroxyl groups is 1. The van der Waals surface area contributed by atoms with Gasteiger partial charge in [0.05, 0.1) is 21.8 Å². The Kier molecular flexibility index (Phi) is 5.71. The Balaban J connectivity index is 1.71. The number of fused-ring (bicyclic) bond motifs is 1. The molecule has 182 valence electrons. The second kappa shape index (κ2) is 8.64. The number of Topliss-reactive ketones (excluding diaryl/α,β-unsaturated/α-hetero) is 1. The van der Waals surface area contributed by atoms with Gasteiger partial charge in [-0.2, -0.15) is 0 Å². The van der Waals surface area contributed by atoms with E-state index in [2.05, 4.69) is 25.8 Å². The minimum absolute atomic E-state index is 0.119. The molecule has 1 aliphatic rings. The van der Waals surface area contributed by atoms with E-state index >= 15 is 0 Å². The monoisotopic (exact) mass is 504 g/mol. The summed E-state index contributed by atoms with van der Waals surface area (Å²) in [5.41, 5.74) is 2.09. The second-order valence-corrected chi connectivity index (χ2v) is 10.7. The lowest BCUT2D eigenvalue weighted by atomic mass is 9.85. The first-order valence-electron chi connectivity index (χ1n) is 11.3. The number of anilines is 1. The van der Waals surface area contributed by atoms with E-state index < -0.39 is 35.1 Å². The van der Waals surface area contributed by atoms with Crippen LogP contribution in [0.3, 0.4) is 0 Å². The van der Waals surface area contributed by atoms with E-state index in [9.17, 15) is 23.5 Å². The summed E-state index contributed by atoms with van der Waals surface area (Å²) in [6, 6.07) is 15.6. The average molecular weight is 505 g/mol. The van der Waals surface area contributed by atoms with Crippen LogP contribution in [-0.4, -0.2) is 21.8 Å². The van der Waals surface area contributed by atoms with Gasteiger partial charge in [-0.1, -0.05) is 56.4 Å². The van der Waals surface area contributed by atoms with Crippen LogP contribution in [0.4, 0.5) is 13.9 Å². The summed E-state index contributed by atoms with van der Waals surface area (Å²) in [7, 11) is 0. The molecular formula is C28H22F2N2O3S. The predicted octanol–water partition coefficient (Wildman–Crippen LogP) is 6.50. The first-order valence-corrected chi connectivity index (χ1v) is 12.1. The maximum absolute atomic E-state index is 13.8. The van der Waals surface area contributed by atoms with Crippen LogP contribution in [-0.2, 0) is 15.0 Å². The zero-order valence-corrected chi connectivity index (χ0v) is 20.6. The van der Waals surface area contributed by atoms with Gasteiger partial charge in [0.2, 0.25) is 0 Å². The summed E-state index contributed by atoms with van der Waals surface area (Å²) in [6.07, 6.45) is 0. The lowest BCUT2D eigenvalue weighted by Crippen LogP contribution is -2.29. The molecule has 0 bridgehead atoms. The highest BCUT2D eigenvalue weighted by atomic mass is 32.1. The Morgan fingerprint density at radius 3 is 2.22 bits per heavy atom. The summed E-state index contributed by atoms with van der Waals surface area (Å²) < 4.78 is 27.8. The molecule has 0 aliphatic carbocycles. The highest BCUT2D eigenvalue weighted by Crippen LogP contribution is 2.44. The molecule has 1 N–H and O–H groups in total. The van der Waals surface area contributed by atoms with Gasteiger partial charge in [0.25, 0.3) is 5.78 Å². The summed E-state index contributed by atoms with van der Waals surface area (Å²) >= 11 is 1.08. The molecule has 2 heterocycles. The number of aliphatic hydroxyl groups excluding tert-OH is 1. The van der Waals surface area contributed by atoms with E-state index in [4.69, 9.17) is 0 Å². The Morgan fingerprint density at radius 2 is 1.58 bits per heavy atom. The molecule has 1 aliphatic heterocycles. The molecule has 1 amide bonds. The highest BCUT2D eigenvalue weighted by molar-refractivity contribution is 7.22. The predicted molar refractivity (Wildman–Crippen MR) is 136 cm³/mol. The normalized spacial score (nSPS) is 17.8. The van der Waals surface area contributed by atoms with Crippen LogP contribution in [0.15, 0.2) is 72.3 Å². The molecular weight excluding hydrogens is 482 g/mol. The molecule has 1 saturated heterocycles. The second-order valence-electron chi connectivity index (χ2n) is 9.66. The third-order valence-electron chi connectivity index (χ3n) is 6.20. The van der Waals surface area contributed by atoms with Crippen LogP contribution in [0, 0.1) is 11.6 Å². The Hall–Kier alpha value is -3.91. The largest absolute Gasteiger partial charge is 0.507 e. The minimum atomic E-state index is -0.977. The van der Waals surface area contributed by atoms with Crippen molar-refractivity contribution < 1.29 is 23.5 Å². The number of nitrogens with zero attached hydrogens (tertiary/aromatic N) is 2. The molecule has 3 aromatic carbocycles. The maximum atomic E-state index is 13.8. The van der Waals surface area contributed by atoms with E-state index in [1.165, 1.54) is 47.4 Å². The third-order valence-corrected chi connectivity index (χ3v) is 7.22. The SMILES string of the molecule is CC(C)(C)c1ccc([C@@H]2C(=C(O)c3ccc(F)cc3)C(=O)C(=O)N2c2nc3ccc(F)cc3s2)cc1. The number of benzene rings is 3. The van der Waals surface area contributed by atoms with Crippen LogP contribution in [0.5, 0.6) is 0 Å². The van der Waals surface area contributed by atoms with Crippen molar-refractivity contribution in [3.8, 4) is 0 Å². The molecule has 0 radical (unpaired) electrons. The van der Waals surface area contributed by atoms with E-state index in [0.717, 1.165) is 16.9 Å². The van der Waals surface area contributed by atoms with Crippen molar-refractivity contribution in [1.29, 1.82) is 0 Å². The van der Waals surface area contributed by atoms with E-state index in [0.29, 0.717) is 15.8 Å². The van der Waals surface area contributed by atoms with Gasteiger partial charge in [-0.15, -0.1) is 0 Å². The fraction of sp³-hybridized carbons (Fsp3) is 0.179. The molecule has 5 rings (SSSR count). The number of thiazole rings is 1. The van der Waals surface area contributed by atoms with Gasteiger partial charge in [-0.25, -0.2) is 13.8 Å². The van der Waals surface area contributed by atoms with Gasteiger partial charge in [0, 0.05) is 5.56 Å². The van der Waals surface area contributed by atoms with Crippen LogP contribution in [0.25, 0.3) is 16.0 Å². The van der Waals surface area contributed by atoms with Crippen molar-refractivity contribution in [2.45, 2.75) is 32.2 Å². The molecule has 1 aromatic heterocycles. The smallest absolute Gasteiger partial charge is 0.301 e. The number of ketones is 1. The quantitative estimate of drug-likeness (QED) is 0.196. The van der Waals surface area contributed by atoms with Gasteiger partial charge in [-0.3, -0.25) is 14.5 Å². The minimum Gasteiger partial charge on any atom is -0.507 e. The molecule has 1 atom stereocenters. The number of aromatic nitrogens is 1. The van der Waals surface area contributed by atoms with Gasteiger partial charge in [0.15, 0.2) is 5.13 Å². The number of hydrogen-bond donors (Lipinski definition) is 1. The van der Waals surface area contributed by atoms with Crippen molar-refractivity contribution in [3.05, 3.63) is 101 Å². The number of rotatable bonds is 3. The molecule has 1 fully saturated rings. The number of hydrogen-bond acceptors (Lipinski definition) is 5. The molecule has 4 aromatic rings. The Labute approximate surface area is 210 Å². The van der Waals surface area contributed by atoms with Gasteiger partial charge < -0.3 is 5.11 Å². The zero-order chi connectivity index (χ0) is 25.8. The molecule has 8 heteroatoms. The number of carbonyl (C=O) groups excluding carboxylic acids is 2. The zero-order valence-electron chi connectivity index (χ0n) is 19.8. The van der Waals surface area contributed by atoms with Gasteiger partial charge in [-0.05, 0) is 59.0 Å². The van der Waals surface area contributed by atoms with Crippen molar-refractivity contribution in [3.63, 3.8) is 0 Å². The Bertz CT molecular complexity index is 1530. The van der Waals surface area contributed by atoms with Crippen LogP contribution in [0.2, 0.25) is 0 Å². The number of halogens is 2. The van der Waals surface area contributed by atoms with Crippen molar-refractivity contribution in [2.24, 2.45) is 0 Å². The first-order chi connectivity index (χ1) is 17.0. The van der Waals surface area contributed by atoms with Crippen LogP contribution >= 0.6 is 11.3 Å². The fourth-order valence-electron chi connectivity index (χ4n) is 4.26. The molecule has 36 heavy (non-hydrogen) atoms. The maximum Gasteiger partial charge on any atom is 0.301 e. The van der Waals surface area contributed by atoms with Crippen molar-refractivity contribution >= 4 is 44.1 Å². The summed E-state index contributed by atoms with van der Waals surface area (Å²) in [6.45, 7) is 6.22. The topological polar surface area (TPSA) is 70.5 Å². The van der Waals surface area contributed by atoms with Crippen molar-refractivity contribution in [2.75, 3.05) is 4.90 Å². The molecule has 5 nitrogen and oxygen atoms in total. The average Bonchev–Trinajstić information content (AvgIpc) is 3.36. The summed E-state index contributed by atoms with van der Waals surface area (Å²) in [4.78, 5) is 32.3. The molecule has 0 spiro atoms. The summed E-state index contributed by atoms with van der Waals surface area (Å²) in [5.74, 6) is -3.09. The van der Waals surface area contributed by atoms with Crippen LogP contribution < -0.4 is 4.90 Å². The van der Waals surface area contributed by atoms with E-state index in [1.54, 1.807) is 0 Å². The van der Waals surface area contributed by atoms with E-state index in [1.807, 2.05) is 24.3 Å². The highest BCUT2D eigenvalue weighted by Gasteiger charge is 2.48. The van der Waals surface area contributed by atoms with E-state index in [-0.39, 0.29) is 21.7 Å². The molecule has 0 saturated carbocycles. The standard InChI is InChI=1S/C28H22F2N2O3S/c1-28(2,3)17-8-4-15(5-9-17)23-22(24(33)16-6-10-18(29)11-7-16)25(34)26(35)32(23)27-31-20-13-12-19(30)14-21(20)36-27/h4-14,23,33H,1-3H3/t23-/m1/s1. The van der Waals surface area contributed by atoms with Crippen LogP contribution in [0.1, 0.15) is 43.5 Å². The first kappa shape index (κ1) is 23.8. The summed E-state index contributed by atoms with van der Waals surface area (Å²) in [5, 5.41) is 11.4. The van der Waals surface area contributed by atoms with Crippen molar-refractivity contribution in [1.82, 2.24) is 4.98 Å². The molecule has 0 unspecified atom stereocenters. The lowest BCUT2D eigenvalue weighted by molar-refractivity contribution is -0.132. The Morgan fingerprint density at radius 1 is 0.944 bits per heavy atom. The number of amides is 1. The number of carbonyl (C=O) groups is 2. The van der Waals surface area contributed by atoms with Gasteiger partial charge >= 0.3 is 5.91 Å². The lowest BCUT2D eigenvalue weighted by Gasteiger charge is -2.24. The third kappa shape index (κ3) is 4.07.